The van der Waals surface area contributed by atoms with Gasteiger partial charge in [0.05, 0.1) is 0 Å². The van der Waals surface area contributed by atoms with E-state index in [1.54, 1.807) is 6.07 Å². The zero-order valence-corrected chi connectivity index (χ0v) is 13.2. The van der Waals surface area contributed by atoms with E-state index in [4.69, 9.17) is 15.2 Å². The van der Waals surface area contributed by atoms with E-state index in [2.05, 4.69) is 0 Å². The normalized spacial score (nSPS) is 29.0. The fourth-order valence-electron chi connectivity index (χ4n) is 3.89. The fraction of sp³-hybridized carbons (Fsp3) is 0.562. The molecule has 120 valence electrons. The van der Waals surface area contributed by atoms with Gasteiger partial charge in [-0.3, -0.25) is 4.79 Å². The number of amides is 1. The number of benzene rings is 1. The van der Waals surface area contributed by atoms with Crippen molar-refractivity contribution in [2.24, 2.45) is 17.6 Å². The van der Waals surface area contributed by atoms with Gasteiger partial charge in [0.2, 0.25) is 6.79 Å². The van der Waals surface area contributed by atoms with E-state index in [-0.39, 0.29) is 31.1 Å². The van der Waals surface area contributed by atoms with Gasteiger partial charge in [0.15, 0.2) is 11.5 Å². The van der Waals surface area contributed by atoms with Crippen LogP contribution in [-0.2, 0) is 0 Å². The lowest BCUT2D eigenvalue weighted by Gasteiger charge is -2.29. The van der Waals surface area contributed by atoms with Crippen molar-refractivity contribution in [3.05, 3.63) is 23.8 Å². The zero-order valence-electron chi connectivity index (χ0n) is 12.4. The van der Waals surface area contributed by atoms with Crippen LogP contribution >= 0.6 is 12.4 Å². The van der Waals surface area contributed by atoms with Gasteiger partial charge >= 0.3 is 0 Å². The minimum absolute atomic E-state index is 0. The highest BCUT2D eigenvalue weighted by molar-refractivity contribution is 5.95. The van der Waals surface area contributed by atoms with Gasteiger partial charge in [0.25, 0.3) is 5.91 Å². The summed E-state index contributed by atoms with van der Waals surface area (Å²) in [5, 5.41) is 0. The Morgan fingerprint density at radius 1 is 1.18 bits per heavy atom. The molecule has 0 radical (unpaired) electrons. The van der Waals surface area contributed by atoms with E-state index < -0.39 is 0 Å². The topological polar surface area (TPSA) is 64.8 Å². The maximum absolute atomic E-state index is 12.7. The average Bonchev–Trinajstić information content (AvgIpc) is 3.12. The maximum atomic E-state index is 12.7. The molecule has 22 heavy (non-hydrogen) atoms. The first-order valence-electron chi connectivity index (χ1n) is 7.67. The lowest BCUT2D eigenvalue weighted by molar-refractivity contribution is 0.0783. The van der Waals surface area contributed by atoms with Gasteiger partial charge in [-0.2, -0.15) is 0 Å². The van der Waals surface area contributed by atoms with Crippen molar-refractivity contribution in [1.29, 1.82) is 0 Å². The third kappa shape index (κ3) is 2.52. The Balaban J connectivity index is 0.00000144. The van der Waals surface area contributed by atoms with Gasteiger partial charge in [-0.05, 0) is 42.9 Å². The number of fused-ring (bicyclic) bond motifs is 2. The molecule has 1 saturated heterocycles. The second-order valence-corrected chi connectivity index (χ2v) is 6.30. The monoisotopic (exact) mass is 324 g/mol. The van der Waals surface area contributed by atoms with Gasteiger partial charge in [0, 0.05) is 24.7 Å². The average molecular weight is 325 g/mol. The third-order valence-corrected chi connectivity index (χ3v) is 5.06. The molecule has 4 rings (SSSR count). The van der Waals surface area contributed by atoms with E-state index >= 15 is 0 Å². The Bertz CT molecular complexity index is 581. The number of carbonyl (C=O) groups excluding carboxylic acids is 1. The van der Waals surface area contributed by atoms with Crippen molar-refractivity contribution in [1.82, 2.24) is 4.90 Å². The Kier molecular flexibility index (Phi) is 4.19. The summed E-state index contributed by atoms with van der Waals surface area (Å²) < 4.78 is 10.6. The number of nitrogens with two attached hydrogens (primary N) is 1. The van der Waals surface area contributed by atoms with Gasteiger partial charge in [-0.25, -0.2) is 0 Å². The van der Waals surface area contributed by atoms with Crippen LogP contribution in [0.5, 0.6) is 11.5 Å². The molecule has 2 N–H and O–H groups in total. The van der Waals surface area contributed by atoms with Crippen molar-refractivity contribution in [2.45, 2.75) is 25.3 Å². The Labute approximate surface area is 136 Å². The van der Waals surface area contributed by atoms with Crippen molar-refractivity contribution in [3.8, 4) is 11.5 Å². The Morgan fingerprint density at radius 3 is 2.82 bits per heavy atom. The van der Waals surface area contributed by atoms with Gasteiger partial charge in [-0.15, -0.1) is 12.4 Å². The second kappa shape index (κ2) is 5.97. The van der Waals surface area contributed by atoms with Crippen LogP contribution < -0.4 is 15.2 Å². The highest BCUT2D eigenvalue weighted by Crippen LogP contribution is 2.37. The predicted molar refractivity (Wildman–Crippen MR) is 84.5 cm³/mol. The van der Waals surface area contributed by atoms with Gasteiger partial charge < -0.3 is 20.1 Å². The van der Waals surface area contributed by atoms with Crippen LogP contribution in [0.25, 0.3) is 0 Å². The molecule has 3 aliphatic rings. The quantitative estimate of drug-likeness (QED) is 0.858. The number of nitrogens with zero attached hydrogens (tertiary/aromatic N) is 1. The molecule has 1 aromatic rings. The van der Waals surface area contributed by atoms with Crippen LogP contribution in [0.3, 0.4) is 0 Å². The molecular formula is C16H21ClN2O3. The molecule has 5 nitrogen and oxygen atoms in total. The number of carbonyl (C=O) groups is 1. The lowest BCUT2D eigenvalue weighted by Crippen LogP contribution is -2.38. The third-order valence-electron chi connectivity index (χ3n) is 5.06. The molecule has 1 saturated carbocycles. The number of halogens is 1. The summed E-state index contributed by atoms with van der Waals surface area (Å²) in [5.41, 5.74) is 6.89. The molecule has 6 heteroatoms. The van der Waals surface area contributed by atoms with E-state index in [1.165, 1.54) is 12.8 Å². The molecule has 2 heterocycles. The summed E-state index contributed by atoms with van der Waals surface area (Å²) in [6.45, 7) is 1.86. The first kappa shape index (κ1) is 15.4. The lowest BCUT2D eigenvalue weighted by atomic mass is 9.78. The molecule has 3 unspecified atom stereocenters. The fourth-order valence-corrected chi connectivity index (χ4v) is 3.89. The summed E-state index contributed by atoms with van der Waals surface area (Å²) in [6.07, 6.45) is 3.48. The van der Waals surface area contributed by atoms with E-state index in [1.807, 2.05) is 17.0 Å². The molecule has 0 spiro atoms. The van der Waals surface area contributed by atoms with Crippen molar-refractivity contribution >= 4 is 18.3 Å². The number of hydrogen-bond donors (Lipinski definition) is 1. The minimum atomic E-state index is 0. The molecular weight excluding hydrogens is 304 g/mol. The highest BCUT2D eigenvalue weighted by atomic mass is 35.5. The molecule has 1 amide bonds. The molecule has 2 fully saturated rings. The summed E-state index contributed by atoms with van der Waals surface area (Å²) in [7, 11) is 0. The van der Waals surface area contributed by atoms with Crippen molar-refractivity contribution in [3.63, 3.8) is 0 Å². The zero-order chi connectivity index (χ0) is 14.4. The molecule has 3 atom stereocenters. The SMILES string of the molecule is Cl.NC1CCCC2CN(C(=O)c3ccc4c(c3)OCO4)CC12. The van der Waals surface area contributed by atoms with Gasteiger partial charge in [0.1, 0.15) is 0 Å². The van der Waals surface area contributed by atoms with Crippen molar-refractivity contribution in [2.75, 3.05) is 19.9 Å². The largest absolute Gasteiger partial charge is 0.454 e. The predicted octanol–water partition coefficient (Wildman–Crippen LogP) is 2.04. The van der Waals surface area contributed by atoms with E-state index in [9.17, 15) is 4.79 Å². The Hall–Kier alpha value is -1.46. The first-order chi connectivity index (χ1) is 10.2. The highest BCUT2D eigenvalue weighted by Gasteiger charge is 2.40. The number of rotatable bonds is 1. The summed E-state index contributed by atoms with van der Waals surface area (Å²) in [6, 6.07) is 5.66. The molecule has 0 bridgehead atoms. The van der Waals surface area contributed by atoms with Crippen LogP contribution in [0.2, 0.25) is 0 Å². The molecule has 2 aliphatic heterocycles. The van der Waals surface area contributed by atoms with E-state index in [0.717, 1.165) is 19.5 Å². The molecule has 1 aromatic carbocycles. The number of hydrogen-bond acceptors (Lipinski definition) is 4. The summed E-state index contributed by atoms with van der Waals surface area (Å²) >= 11 is 0. The number of likely N-dealkylation sites (tertiary alicyclic amines) is 1. The second-order valence-electron chi connectivity index (χ2n) is 6.30. The minimum Gasteiger partial charge on any atom is -0.454 e. The van der Waals surface area contributed by atoms with Crippen LogP contribution in [0.1, 0.15) is 29.6 Å². The summed E-state index contributed by atoms with van der Waals surface area (Å²) in [5.74, 6) is 2.50. The molecule has 1 aliphatic carbocycles. The number of ether oxygens (including phenoxy) is 2. The maximum Gasteiger partial charge on any atom is 0.254 e. The van der Waals surface area contributed by atoms with Crippen LogP contribution in [-0.4, -0.2) is 36.7 Å². The van der Waals surface area contributed by atoms with Gasteiger partial charge in [-0.1, -0.05) is 6.42 Å². The standard InChI is InChI=1S/C16H20N2O3.ClH/c17-13-3-1-2-11-7-18(8-12(11)13)16(19)10-4-5-14-15(6-10)21-9-20-14;/h4-6,11-13H,1-3,7-9,17H2;1H. The van der Waals surface area contributed by atoms with Crippen LogP contribution in [0, 0.1) is 11.8 Å². The van der Waals surface area contributed by atoms with E-state index in [0.29, 0.717) is 28.9 Å². The first-order valence-corrected chi connectivity index (χ1v) is 7.67. The Morgan fingerprint density at radius 2 is 2.00 bits per heavy atom. The van der Waals surface area contributed by atoms with Crippen LogP contribution in [0.4, 0.5) is 0 Å². The molecule has 0 aromatic heterocycles. The van der Waals surface area contributed by atoms with Crippen LogP contribution in [0.15, 0.2) is 18.2 Å². The smallest absolute Gasteiger partial charge is 0.254 e. The van der Waals surface area contributed by atoms with Crippen molar-refractivity contribution < 1.29 is 14.3 Å². The summed E-state index contributed by atoms with van der Waals surface area (Å²) in [4.78, 5) is 14.6.